The van der Waals surface area contributed by atoms with Crippen LogP contribution in [0.5, 0.6) is 17.2 Å². The summed E-state index contributed by atoms with van der Waals surface area (Å²) in [5.41, 5.74) is 4.64. The average molecular weight is 558 g/mol. The number of halogens is 2. The monoisotopic (exact) mass is 556 g/mol. The van der Waals surface area contributed by atoms with Gasteiger partial charge in [0.25, 0.3) is 0 Å². The van der Waals surface area contributed by atoms with E-state index in [-0.39, 0.29) is 5.76 Å². The molecule has 0 atom stereocenters. The van der Waals surface area contributed by atoms with Crippen LogP contribution in [0.3, 0.4) is 0 Å². The predicted molar refractivity (Wildman–Crippen MR) is 139 cm³/mol. The molecular weight excluding hydrogens is 536 g/mol. The van der Waals surface area contributed by atoms with Crippen LogP contribution in [0.1, 0.15) is 28.6 Å². The number of hydrogen-bond donors (Lipinski definition) is 1. The summed E-state index contributed by atoms with van der Waals surface area (Å²) in [6, 6.07) is 18.2. The highest BCUT2D eigenvalue weighted by Gasteiger charge is 2.14. The predicted octanol–water partition coefficient (Wildman–Crippen LogP) is 6.60. The second kappa shape index (κ2) is 11.3. The summed E-state index contributed by atoms with van der Waals surface area (Å²) in [5, 5.41) is 5.14. The Balaban J connectivity index is 1.42. The molecular formula is C26H22BrClN2O5. The lowest BCUT2D eigenvalue weighted by Crippen LogP contribution is -2.16. The largest absolute Gasteiger partial charge is 0.494 e. The summed E-state index contributed by atoms with van der Waals surface area (Å²) in [6.45, 7) is 2.79. The number of nitrogens with one attached hydrogen (secondary N) is 1. The van der Waals surface area contributed by atoms with E-state index >= 15 is 0 Å². The van der Waals surface area contributed by atoms with Crippen LogP contribution in [0.2, 0.25) is 5.02 Å². The van der Waals surface area contributed by atoms with Crippen molar-refractivity contribution in [1.82, 2.24) is 5.43 Å². The minimum Gasteiger partial charge on any atom is -0.494 e. The summed E-state index contributed by atoms with van der Waals surface area (Å²) >= 11 is 9.85. The lowest BCUT2D eigenvalue weighted by molar-refractivity contribution is 0.0929. The third-order valence-corrected chi connectivity index (χ3v) is 5.76. The summed E-state index contributed by atoms with van der Waals surface area (Å²) in [7, 11) is 1.53. The Kier molecular flexibility index (Phi) is 7.94. The van der Waals surface area contributed by atoms with E-state index in [9.17, 15) is 4.79 Å². The molecule has 0 spiro atoms. The molecule has 4 aromatic rings. The molecule has 0 aliphatic rings. The normalized spacial score (nSPS) is 11.1. The molecule has 0 saturated carbocycles. The topological polar surface area (TPSA) is 82.3 Å². The first-order valence-corrected chi connectivity index (χ1v) is 11.9. The minimum absolute atomic E-state index is 0.137. The van der Waals surface area contributed by atoms with Gasteiger partial charge in [0.2, 0.25) is 0 Å². The molecule has 0 aliphatic heterocycles. The van der Waals surface area contributed by atoms with Crippen LogP contribution < -0.4 is 19.6 Å². The van der Waals surface area contributed by atoms with Crippen molar-refractivity contribution in [3.8, 4) is 17.2 Å². The van der Waals surface area contributed by atoms with E-state index in [0.717, 1.165) is 15.4 Å². The van der Waals surface area contributed by atoms with Gasteiger partial charge in [-0.05, 0) is 66.6 Å². The number of carbonyl (C=O) groups is 1. The van der Waals surface area contributed by atoms with Gasteiger partial charge in [-0.1, -0.05) is 39.7 Å². The fourth-order valence-corrected chi connectivity index (χ4v) is 3.84. The summed E-state index contributed by atoms with van der Waals surface area (Å²) in [5.74, 6) is 1.23. The number of furan rings is 1. The number of ether oxygens (including phenoxy) is 3. The van der Waals surface area contributed by atoms with Crippen molar-refractivity contribution < 1.29 is 23.4 Å². The highest BCUT2D eigenvalue weighted by atomic mass is 79.9. The third-order valence-electron chi connectivity index (χ3n) is 4.95. The van der Waals surface area contributed by atoms with Crippen LogP contribution >= 0.6 is 27.5 Å². The van der Waals surface area contributed by atoms with Gasteiger partial charge in [-0.2, -0.15) is 5.10 Å². The SMILES string of the molecule is CCOc1ccc2oc(C(=O)N/N=C/c3cc(Cl)c(OCc4ccc(Br)cc4)c(OC)c3)cc2c1. The van der Waals surface area contributed by atoms with Crippen molar-refractivity contribution >= 4 is 50.6 Å². The van der Waals surface area contributed by atoms with E-state index in [4.69, 9.17) is 30.2 Å². The first-order chi connectivity index (χ1) is 17.0. The number of carbonyl (C=O) groups excluding carboxylic acids is 1. The molecule has 1 heterocycles. The van der Waals surface area contributed by atoms with Crippen LogP contribution in [0.15, 0.2) is 74.7 Å². The third kappa shape index (κ3) is 6.15. The number of hydrazone groups is 1. The quantitative estimate of drug-likeness (QED) is 0.185. The number of benzene rings is 3. The Morgan fingerprint density at radius 2 is 1.91 bits per heavy atom. The van der Waals surface area contributed by atoms with Gasteiger partial charge < -0.3 is 18.6 Å². The second-order valence-corrected chi connectivity index (χ2v) is 8.71. The fraction of sp³-hybridized carbons (Fsp3) is 0.154. The average Bonchev–Trinajstić information content (AvgIpc) is 3.28. The van der Waals surface area contributed by atoms with Crippen molar-refractivity contribution in [2.24, 2.45) is 5.10 Å². The fourth-order valence-electron chi connectivity index (χ4n) is 3.30. The maximum Gasteiger partial charge on any atom is 0.307 e. The lowest BCUT2D eigenvalue weighted by Gasteiger charge is -2.13. The zero-order valence-corrected chi connectivity index (χ0v) is 21.4. The van der Waals surface area contributed by atoms with Crippen molar-refractivity contribution in [3.63, 3.8) is 0 Å². The zero-order chi connectivity index (χ0) is 24.8. The first-order valence-electron chi connectivity index (χ1n) is 10.7. The second-order valence-electron chi connectivity index (χ2n) is 7.39. The van der Waals surface area contributed by atoms with Gasteiger partial charge in [0.05, 0.1) is 25.0 Å². The molecule has 180 valence electrons. The Hall–Kier alpha value is -3.49. The van der Waals surface area contributed by atoms with E-state index in [2.05, 4.69) is 26.5 Å². The molecule has 0 radical (unpaired) electrons. The van der Waals surface area contributed by atoms with E-state index in [1.54, 1.807) is 30.3 Å². The van der Waals surface area contributed by atoms with Gasteiger partial charge in [0.1, 0.15) is 17.9 Å². The molecule has 1 aromatic heterocycles. The van der Waals surface area contributed by atoms with Crippen LogP contribution in [-0.4, -0.2) is 25.8 Å². The number of nitrogens with zero attached hydrogens (tertiary/aromatic N) is 1. The van der Waals surface area contributed by atoms with Crippen LogP contribution in [-0.2, 0) is 6.61 Å². The van der Waals surface area contributed by atoms with Gasteiger partial charge in [-0.15, -0.1) is 0 Å². The van der Waals surface area contributed by atoms with Gasteiger partial charge >= 0.3 is 5.91 Å². The van der Waals surface area contributed by atoms with Crippen molar-refractivity contribution in [2.75, 3.05) is 13.7 Å². The van der Waals surface area contributed by atoms with E-state index in [0.29, 0.717) is 46.6 Å². The molecule has 3 aromatic carbocycles. The van der Waals surface area contributed by atoms with Gasteiger partial charge in [0, 0.05) is 9.86 Å². The number of rotatable bonds is 9. The van der Waals surface area contributed by atoms with E-state index in [1.165, 1.54) is 13.3 Å². The molecule has 1 N–H and O–H groups in total. The molecule has 0 aliphatic carbocycles. The molecule has 9 heteroatoms. The van der Waals surface area contributed by atoms with Gasteiger partial charge in [-0.3, -0.25) is 4.79 Å². The maximum atomic E-state index is 12.5. The van der Waals surface area contributed by atoms with Crippen LogP contribution in [0.4, 0.5) is 0 Å². The summed E-state index contributed by atoms with van der Waals surface area (Å²) in [4.78, 5) is 12.5. The minimum atomic E-state index is -0.483. The molecule has 0 unspecified atom stereocenters. The molecule has 35 heavy (non-hydrogen) atoms. The van der Waals surface area contributed by atoms with E-state index in [1.807, 2.05) is 37.3 Å². The summed E-state index contributed by atoms with van der Waals surface area (Å²) < 4.78 is 23.4. The Bertz CT molecular complexity index is 1370. The Morgan fingerprint density at radius 3 is 2.66 bits per heavy atom. The number of methoxy groups -OCH3 is 1. The maximum absolute atomic E-state index is 12.5. The molecule has 0 fully saturated rings. The van der Waals surface area contributed by atoms with Crippen molar-refractivity contribution in [3.05, 3.63) is 87.0 Å². The molecule has 1 amide bonds. The van der Waals surface area contributed by atoms with Crippen LogP contribution in [0, 0.1) is 0 Å². The highest BCUT2D eigenvalue weighted by molar-refractivity contribution is 9.10. The summed E-state index contributed by atoms with van der Waals surface area (Å²) in [6.07, 6.45) is 1.46. The van der Waals surface area contributed by atoms with Crippen molar-refractivity contribution in [2.45, 2.75) is 13.5 Å². The van der Waals surface area contributed by atoms with Crippen LogP contribution in [0.25, 0.3) is 11.0 Å². The zero-order valence-electron chi connectivity index (χ0n) is 19.0. The molecule has 0 saturated heterocycles. The van der Waals surface area contributed by atoms with Gasteiger partial charge in [-0.25, -0.2) is 5.43 Å². The smallest absolute Gasteiger partial charge is 0.307 e. The number of fused-ring (bicyclic) bond motifs is 1. The molecule has 0 bridgehead atoms. The highest BCUT2D eigenvalue weighted by Crippen LogP contribution is 2.36. The Labute approximate surface area is 215 Å². The van der Waals surface area contributed by atoms with Crippen molar-refractivity contribution in [1.29, 1.82) is 0 Å². The first kappa shape index (κ1) is 24.6. The standard InChI is InChI=1S/C26H22BrClN2O5/c1-3-33-20-8-9-22-18(12-20)13-24(35-22)26(31)30-29-14-17-10-21(28)25(23(11-17)32-2)34-15-16-4-6-19(27)7-5-16/h4-14H,3,15H2,1-2H3,(H,30,31)/b29-14+. The molecule has 4 rings (SSSR count). The Morgan fingerprint density at radius 1 is 1.11 bits per heavy atom. The number of hydrogen-bond acceptors (Lipinski definition) is 6. The van der Waals surface area contributed by atoms with E-state index < -0.39 is 5.91 Å². The van der Waals surface area contributed by atoms with Gasteiger partial charge in [0.15, 0.2) is 17.3 Å². The molecule has 7 nitrogen and oxygen atoms in total. The number of amides is 1. The lowest BCUT2D eigenvalue weighted by atomic mass is 10.2.